The summed E-state index contributed by atoms with van der Waals surface area (Å²) in [4.78, 5) is 18.7. The Morgan fingerprint density at radius 3 is 2.96 bits per heavy atom. The first-order chi connectivity index (χ1) is 12.7. The molecule has 2 aliphatic heterocycles. The number of pyridine rings is 1. The molecule has 1 aromatic heterocycles. The van der Waals surface area contributed by atoms with Crippen LogP contribution in [0.1, 0.15) is 16.8 Å². The number of carbonyl (C=O) groups is 1. The van der Waals surface area contributed by atoms with Crippen molar-refractivity contribution in [3.05, 3.63) is 54.2 Å². The highest BCUT2D eigenvalue weighted by molar-refractivity contribution is 5.95. The van der Waals surface area contributed by atoms with E-state index >= 15 is 0 Å². The van der Waals surface area contributed by atoms with Crippen LogP contribution in [0.5, 0.6) is 11.6 Å². The summed E-state index contributed by atoms with van der Waals surface area (Å²) in [5.41, 5.74) is 0.349. The van der Waals surface area contributed by atoms with Crippen LogP contribution in [-0.4, -0.2) is 54.8 Å². The molecule has 0 aliphatic carbocycles. The quantitative estimate of drug-likeness (QED) is 0.825. The molecule has 1 atom stereocenters. The summed E-state index contributed by atoms with van der Waals surface area (Å²) < 4.78 is 17.0. The van der Waals surface area contributed by atoms with Gasteiger partial charge in [0.25, 0.3) is 5.91 Å². The van der Waals surface area contributed by atoms with Crippen LogP contribution in [0.25, 0.3) is 0 Å². The number of methoxy groups -OCH3 is 1. The molecular formula is C20H22N2O4. The van der Waals surface area contributed by atoms with Gasteiger partial charge in [0.05, 0.1) is 26.8 Å². The third-order valence-corrected chi connectivity index (χ3v) is 5.19. The summed E-state index contributed by atoms with van der Waals surface area (Å²) >= 11 is 0. The van der Waals surface area contributed by atoms with Gasteiger partial charge in [-0.15, -0.1) is 0 Å². The van der Waals surface area contributed by atoms with Crippen molar-refractivity contribution in [2.45, 2.75) is 12.0 Å². The van der Waals surface area contributed by atoms with E-state index < -0.39 is 0 Å². The standard InChI is InChI=1S/C20H22N2O4/c1-24-17-6-4-5-15(11-17)19(23)22-13-20(14-22)16(8-10-26-20)12-25-18-7-2-3-9-21-18/h2-7,9,11,16H,8,10,12-14H2,1H3. The van der Waals surface area contributed by atoms with Crippen molar-refractivity contribution in [3.8, 4) is 11.6 Å². The van der Waals surface area contributed by atoms with Crippen LogP contribution in [-0.2, 0) is 4.74 Å². The summed E-state index contributed by atoms with van der Waals surface area (Å²) in [6.07, 6.45) is 2.65. The third-order valence-electron chi connectivity index (χ3n) is 5.19. The maximum Gasteiger partial charge on any atom is 0.254 e. The van der Waals surface area contributed by atoms with E-state index in [1.54, 1.807) is 19.4 Å². The van der Waals surface area contributed by atoms with E-state index in [9.17, 15) is 4.79 Å². The Kier molecular flexibility index (Phi) is 4.51. The molecule has 6 nitrogen and oxygen atoms in total. The monoisotopic (exact) mass is 354 g/mol. The number of hydrogen-bond donors (Lipinski definition) is 0. The van der Waals surface area contributed by atoms with Gasteiger partial charge in [-0.25, -0.2) is 4.98 Å². The van der Waals surface area contributed by atoms with Crippen molar-refractivity contribution >= 4 is 5.91 Å². The molecule has 4 rings (SSSR count). The van der Waals surface area contributed by atoms with E-state index in [0.717, 1.165) is 6.42 Å². The summed E-state index contributed by atoms with van der Waals surface area (Å²) in [5.74, 6) is 1.58. The summed E-state index contributed by atoms with van der Waals surface area (Å²) in [7, 11) is 1.60. The summed E-state index contributed by atoms with van der Waals surface area (Å²) in [6, 6.07) is 12.9. The van der Waals surface area contributed by atoms with Gasteiger partial charge in [-0.1, -0.05) is 12.1 Å². The van der Waals surface area contributed by atoms with Gasteiger partial charge in [-0.05, 0) is 30.7 Å². The number of amides is 1. The minimum absolute atomic E-state index is 0.00872. The summed E-state index contributed by atoms with van der Waals surface area (Å²) in [5, 5.41) is 0. The second kappa shape index (κ2) is 6.96. The van der Waals surface area contributed by atoms with Crippen LogP contribution >= 0.6 is 0 Å². The van der Waals surface area contributed by atoms with Crippen molar-refractivity contribution in [2.24, 2.45) is 5.92 Å². The smallest absolute Gasteiger partial charge is 0.254 e. The fourth-order valence-electron chi connectivity index (χ4n) is 3.67. The zero-order valence-electron chi connectivity index (χ0n) is 14.8. The van der Waals surface area contributed by atoms with Crippen LogP contribution in [0, 0.1) is 5.92 Å². The molecule has 136 valence electrons. The second-order valence-corrected chi connectivity index (χ2v) is 6.77. The molecule has 6 heteroatoms. The number of nitrogens with zero attached hydrogens (tertiary/aromatic N) is 2. The largest absolute Gasteiger partial charge is 0.497 e. The van der Waals surface area contributed by atoms with E-state index in [4.69, 9.17) is 14.2 Å². The predicted molar refractivity (Wildman–Crippen MR) is 95.4 cm³/mol. The first kappa shape index (κ1) is 16.8. The Balaban J connectivity index is 1.37. The molecule has 1 unspecified atom stereocenters. The second-order valence-electron chi connectivity index (χ2n) is 6.77. The van der Waals surface area contributed by atoms with Crippen LogP contribution in [0.2, 0.25) is 0 Å². The van der Waals surface area contributed by atoms with Gasteiger partial charge >= 0.3 is 0 Å². The Hall–Kier alpha value is -2.60. The average Bonchev–Trinajstić information content (AvgIpc) is 3.09. The van der Waals surface area contributed by atoms with Gasteiger partial charge in [0.1, 0.15) is 11.4 Å². The third kappa shape index (κ3) is 3.12. The van der Waals surface area contributed by atoms with E-state index in [1.807, 2.05) is 41.3 Å². The molecule has 2 saturated heterocycles. The summed E-state index contributed by atoms with van der Waals surface area (Å²) in [6.45, 7) is 2.45. The zero-order chi connectivity index (χ0) is 18.0. The molecule has 0 saturated carbocycles. The van der Waals surface area contributed by atoms with E-state index in [0.29, 0.717) is 43.5 Å². The highest BCUT2D eigenvalue weighted by atomic mass is 16.5. The number of likely N-dealkylation sites (tertiary alicyclic amines) is 1. The number of benzene rings is 1. The van der Waals surface area contributed by atoms with Crippen molar-refractivity contribution in [3.63, 3.8) is 0 Å². The lowest BCUT2D eigenvalue weighted by atomic mass is 9.81. The lowest BCUT2D eigenvalue weighted by Crippen LogP contribution is -2.66. The van der Waals surface area contributed by atoms with Gasteiger partial charge in [-0.3, -0.25) is 4.79 Å². The van der Waals surface area contributed by atoms with Crippen molar-refractivity contribution in [1.82, 2.24) is 9.88 Å². The molecule has 0 bridgehead atoms. The lowest BCUT2D eigenvalue weighted by molar-refractivity contribution is -0.122. The van der Waals surface area contributed by atoms with E-state index in [-0.39, 0.29) is 17.4 Å². The zero-order valence-corrected chi connectivity index (χ0v) is 14.8. The Morgan fingerprint density at radius 2 is 2.19 bits per heavy atom. The normalized spacial score (nSPS) is 20.7. The fraction of sp³-hybridized carbons (Fsp3) is 0.400. The van der Waals surface area contributed by atoms with Crippen molar-refractivity contribution in [1.29, 1.82) is 0 Å². The Morgan fingerprint density at radius 1 is 1.31 bits per heavy atom. The molecule has 2 fully saturated rings. The molecule has 26 heavy (non-hydrogen) atoms. The molecule has 1 spiro atoms. The molecular weight excluding hydrogens is 332 g/mol. The maximum absolute atomic E-state index is 12.7. The topological polar surface area (TPSA) is 60.9 Å². The highest BCUT2D eigenvalue weighted by Gasteiger charge is 2.54. The Labute approximate surface area is 152 Å². The van der Waals surface area contributed by atoms with Crippen LogP contribution in [0.3, 0.4) is 0 Å². The molecule has 1 amide bonds. The lowest BCUT2D eigenvalue weighted by Gasteiger charge is -2.50. The molecule has 3 heterocycles. The van der Waals surface area contributed by atoms with Gasteiger partial charge in [0.2, 0.25) is 5.88 Å². The number of aromatic nitrogens is 1. The van der Waals surface area contributed by atoms with Gasteiger partial charge in [0.15, 0.2) is 0 Å². The van der Waals surface area contributed by atoms with Gasteiger partial charge < -0.3 is 19.1 Å². The molecule has 2 aromatic rings. The SMILES string of the molecule is COc1cccc(C(=O)N2CC3(C2)OCCC3COc2ccccn2)c1. The predicted octanol–water partition coefficient (Wildman–Crippen LogP) is 2.40. The van der Waals surface area contributed by atoms with Crippen LogP contribution in [0.4, 0.5) is 0 Å². The maximum atomic E-state index is 12.7. The molecule has 0 N–H and O–H groups in total. The average molecular weight is 354 g/mol. The van der Waals surface area contributed by atoms with Crippen molar-refractivity contribution in [2.75, 3.05) is 33.4 Å². The van der Waals surface area contributed by atoms with Crippen LogP contribution < -0.4 is 9.47 Å². The fourth-order valence-corrected chi connectivity index (χ4v) is 3.67. The van der Waals surface area contributed by atoms with Gasteiger partial charge in [-0.2, -0.15) is 0 Å². The Bertz CT molecular complexity index is 774. The van der Waals surface area contributed by atoms with Crippen molar-refractivity contribution < 1.29 is 19.0 Å². The minimum atomic E-state index is -0.288. The number of hydrogen-bond acceptors (Lipinski definition) is 5. The number of ether oxygens (including phenoxy) is 3. The van der Waals surface area contributed by atoms with E-state index in [2.05, 4.69) is 4.98 Å². The van der Waals surface area contributed by atoms with Crippen LogP contribution in [0.15, 0.2) is 48.7 Å². The van der Waals surface area contributed by atoms with Gasteiger partial charge in [0, 0.05) is 30.4 Å². The number of carbonyl (C=O) groups excluding carboxylic acids is 1. The first-order valence-corrected chi connectivity index (χ1v) is 8.81. The highest BCUT2D eigenvalue weighted by Crippen LogP contribution is 2.40. The van der Waals surface area contributed by atoms with E-state index in [1.165, 1.54) is 0 Å². The molecule has 1 aromatic carbocycles. The first-order valence-electron chi connectivity index (χ1n) is 8.81. The molecule has 0 radical (unpaired) electrons. The molecule has 2 aliphatic rings. The number of rotatable bonds is 5. The minimum Gasteiger partial charge on any atom is -0.497 e.